The van der Waals surface area contributed by atoms with Gasteiger partial charge in [0.15, 0.2) is 5.84 Å². The van der Waals surface area contributed by atoms with Crippen LogP contribution in [0.25, 0.3) is 0 Å². The van der Waals surface area contributed by atoms with Crippen LogP contribution in [0.5, 0.6) is 0 Å². The van der Waals surface area contributed by atoms with Gasteiger partial charge in [-0.15, -0.1) is 0 Å². The fourth-order valence-electron chi connectivity index (χ4n) is 0.854. The van der Waals surface area contributed by atoms with Crippen molar-refractivity contribution in [2.75, 3.05) is 11.9 Å². The molecule has 0 aliphatic heterocycles. The number of benzene rings is 1. The Morgan fingerprint density at radius 1 is 1.64 bits per heavy atom. The van der Waals surface area contributed by atoms with Crippen LogP contribution in [-0.2, 0) is 0 Å². The van der Waals surface area contributed by atoms with E-state index in [1.54, 1.807) is 6.07 Å². The van der Waals surface area contributed by atoms with Gasteiger partial charge in [-0.2, -0.15) is 0 Å². The van der Waals surface area contributed by atoms with Gasteiger partial charge in [-0.3, -0.25) is 0 Å². The van der Waals surface area contributed by atoms with Gasteiger partial charge >= 0.3 is 0 Å². The summed E-state index contributed by atoms with van der Waals surface area (Å²) < 4.78 is 13.3. The minimum absolute atomic E-state index is 0.0567. The number of amidine groups is 1. The lowest BCUT2D eigenvalue weighted by Crippen LogP contribution is -2.22. The van der Waals surface area contributed by atoms with Crippen molar-refractivity contribution in [2.24, 2.45) is 10.9 Å². The van der Waals surface area contributed by atoms with Crippen molar-refractivity contribution in [3.63, 3.8) is 0 Å². The molecule has 14 heavy (non-hydrogen) atoms. The van der Waals surface area contributed by atoms with Crippen molar-refractivity contribution in [3.05, 3.63) is 28.5 Å². The highest BCUT2D eigenvalue weighted by atomic mass is 79.9. The molecule has 6 heteroatoms. The number of halogens is 2. The molecule has 0 amide bonds. The van der Waals surface area contributed by atoms with E-state index in [0.29, 0.717) is 10.2 Å². The SMILES string of the molecule is NC(CNc1ccc(F)cc1Br)=NO. The van der Waals surface area contributed by atoms with Crippen molar-refractivity contribution in [1.29, 1.82) is 0 Å². The first-order valence-corrected chi connectivity index (χ1v) is 4.58. The first-order valence-electron chi connectivity index (χ1n) is 3.79. The largest absolute Gasteiger partial charge is 0.409 e. The zero-order valence-corrected chi connectivity index (χ0v) is 8.75. The topological polar surface area (TPSA) is 70.6 Å². The zero-order valence-electron chi connectivity index (χ0n) is 7.17. The molecule has 0 atom stereocenters. The Bertz CT molecular complexity index is 356. The van der Waals surface area contributed by atoms with E-state index in [1.165, 1.54) is 12.1 Å². The van der Waals surface area contributed by atoms with Gasteiger partial charge in [0.1, 0.15) is 5.82 Å². The molecule has 0 aromatic heterocycles. The van der Waals surface area contributed by atoms with Crippen LogP contribution in [0.1, 0.15) is 0 Å². The maximum Gasteiger partial charge on any atom is 0.158 e. The number of hydrogen-bond donors (Lipinski definition) is 3. The van der Waals surface area contributed by atoms with Crippen LogP contribution in [0.2, 0.25) is 0 Å². The van der Waals surface area contributed by atoms with Gasteiger partial charge < -0.3 is 16.3 Å². The third kappa shape index (κ3) is 2.88. The van der Waals surface area contributed by atoms with Crippen molar-refractivity contribution >= 4 is 27.5 Å². The molecule has 1 aromatic carbocycles. The third-order valence-corrected chi connectivity index (χ3v) is 2.18. The summed E-state index contributed by atoms with van der Waals surface area (Å²) >= 11 is 3.17. The first-order chi connectivity index (χ1) is 6.63. The van der Waals surface area contributed by atoms with Crippen LogP contribution in [0.15, 0.2) is 27.8 Å². The molecule has 0 saturated carbocycles. The molecule has 0 fully saturated rings. The van der Waals surface area contributed by atoms with Crippen molar-refractivity contribution in [3.8, 4) is 0 Å². The normalized spacial score (nSPS) is 11.4. The van der Waals surface area contributed by atoms with E-state index in [2.05, 4.69) is 26.4 Å². The maximum atomic E-state index is 12.7. The summed E-state index contributed by atoms with van der Waals surface area (Å²) in [4.78, 5) is 0. The predicted molar refractivity (Wildman–Crippen MR) is 56.0 cm³/mol. The van der Waals surface area contributed by atoms with E-state index < -0.39 is 0 Å². The van der Waals surface area contributed by atoms with Crippen molar-refractivity contribution in [2.45, 2.75) is 0 Å². The lowest BCUT2D eigenvalue weighted by atomic mass is 10.3. The molecule has 4 N–H and O–H groups in total. The van der Waals surface area contributed by atoms with Gasteiger partial charge in [0, 0.05) is 10.2 Å². The van der Waals surface area contributed by atoms with Gasteiger partial charge in [-0.1, -0.05) is 5.16 Å². The molecule has 0 unspecified atom stereocenters. The average Bonchev–Trinajstić information content (AvgIpc) is 2.16. The van der Waals surface area contributed by atoms with Gasteiger partial charge in [0.25, 0.3) is 0 Å². The molecule has 1 rings (SSSR count). The monoisotopic (exact) mass is 261 g/mol. The van der Waals surface area contributed by atoms with Crippen molar-refractivity contribution in [1.82, 2.24) is 0 Å². The van der Waals surface area contributed by atoms with Crippen LogP contribution in [0, 0.1) is 5.82 Å². The second-order valence-electron chi connectivity index (χ2n) is 2.57. The summed E-state index contributed by atoms with van der Waals surface area (Å²) in [6, 6.07) is 4.21. The second-order valence-corrected chi connectivity index (χ2v) is 3.42. The molecule has 0 bridgehead atoms. The molecule has 0 spiro atoms. The second kappa shape index (κ2) is 4.80. The molecule has 1 aromatic rings. The lowest BCUT2D eigenvalue weighted by molar-refractivity contribution is 0.317. The maximum absolute atomic E-state index is 12.7. The Morgan fingerprint density at radius 2 is 2.36 bits per heavy atom. The Morgan fingerprint density at radius 3 is 2.93 bits per heavy atom. The van der Waals surface area contributed by atoms with Gasteiger partial charge in [0.05, 0.1) is 6.54 Å². The number of nitrogens with two attached hydrogens (primary N) is 1. The summed E-state index contributed by atoms with van der Waals surface area (Å²) in [5.41, 5.74) is 5.93. The Balaban J connectivity index is 2.68. The Labute approximate surface area is 88.7 Å². The first kappa shape index (κ1) is 10.8. The molecular formula is C8H9BrFN3O. The van der Waals surface area contributed by atoms with Crippen LogP contribution in [-0.4, -0.2) is 17.6 Å². The number of oxime groups is 1. The molecule has 76 valence electrons. The summed E-state index contributed by atoms with van der Waals surface area (Å²) in [5, 5.41) is 13.9. The number of nitrogens with one attached hydrogen (secondary N) is 1. The van der Waals surface area contributed by atoms with Gasteiger partial charge in [0.2, 0.25) is 0 Å². The zero-order chi connectivity index (χ0) is 10.6. The number of hydrogen-bond acceptors (Lipinski definition) is 3. The van der Waals surface area contributed by atoms with E-state index in [4.69, 9.17) is 10.9 Å². The van der Waals surface area contributed by atoms with E-state index >= 15 is 0 Å². The molecular weight excluding hydrogens is 253 g/mol. The van der Waals surface area contributed by atoms with E-state index in [9.17, 15) is 4.39 Å². The van der Waals surface area contributed by atoms with Crippen LogP contribution in [0.3, 0.4) is 0 Å². The quantitative estimate of drug-likeness (QED) is 0.336. The lowest BCUT2D eigenvalue weighted by Gasteiger charge is -2.06. The highest BCUT2D eigenvalue weighted by Gasteiger charge is 2.01. The highest BCUT2D eigenvalue weighted by Crippen LogP contribution is 2.22. The number of rotatable bonds is 3. The minimum atomic E-state index is -0.328. The van der Waals surface area contributed by atoms with Crippen molar-refractivity contribution < 1.29 is 9.60 Å². The van der Waals surface area contributed by atoms with Gasteiger partial charge in [-0.05, 0) is 34.1 Å². The standard InChI is InChI=1S/C8H9BrFN3O/c9-6-3-5(10)1-2-7(6)12-4-8(11)13-14/h1-3,12,14H,4H2,(H2,11,13). The fourth-order valence-corrected chi connectivity index (χ4v) is 1.35. The van der Waals surface area contributed by atoms with E-state index in [-0.39, 0.29) is 18.2 Å². The molecule has 0 saturated heterocycles. The van der Waals surface area contributed by atoms with Crippen LogP contribution >= 0.6 is 15.9 Å². The predicted octanol–water partition coefficient (Wildman–Crippen LogP) is 1.75. The summed E-state index contributed by atoms with van der Waals surface area (Å²) in [6.07, 6.45) is 0. The third-order valence-electron chi connectivity index (χ3n) is 1.52. The van der Waals surface area contributed by atoms with Gasteiger partial charge in [-0.25, -0.2) is 4.39 Å². The Kier molecular flexibility index (Phi) is 3.70. The molecule has 0 aliphatic rings. The molecule has 0 radical (unpaired) electrons. The molecule has 0 aliphatic carbocycles. The van der Waals surface area contributed by atoms with Crippen LogP contribution < -0.4 is 11.1 Å². The average molecular weight is 262 g/mol. The smallest absolute Gasteiger partial charge is 0.158 e. The Hall–Kier alpha value is -1.30. The summed E-state index contributed by atoms with van der Waals surface area (Å²) in [6.45, 7) is 0.195. The molecule has 0 heterocycles. The number of nitrogens with zero attached hydrogens (tertiary/aromatic N) is 1. The van der Waals surface area contributed by atoms with E-state index in [1.807, 2.05) is 0 Å². The number of anilines is 1. The summed E-state index contributed by atoms with van der Waals surface area (Å²) in [7, 11) is 0. The molecule has 4 nitrogen and oxygen atoms in total. The summed E-state index contributed by atoms with van der Waals surface area (Å²) in [5.74, 6) is -0.271. The fraction of sp³-hybridized carbons (Fsp3) is 0.125. The minimum Gasteiger partial charge on any atom is -0.409 e. The highest BCUT2D eigenvalue weighted by molar-refractivity contribution is 9.10. The van der Waals surface area contributed by atoms with Crippen LogP contribution in [0.4, 0.5) is 10.1 Å². The van der Waals surface area contributed by atoms with E-state index in [0.717, 1.165) is 0 Å².